The molecule has 0 atom stereocenters. The van der Waals surface area contributed by atoms with Gasteiger partial charge in [0.15, 0.2) is 0 Å². The van der Waals surface area contributed by atoms with Crippen molar-refractivity contribution in [1.29, 1.82) is 0 Å². The molecule has 0 bridgehead atoms. The minimum Gasteiger partial charge on any atom is -0.289 e. The molecule has 17 heavy (non-hydrogen) atoms. The van der Waals surface area contributed by atoms with E-state index in [9.17, 15) is 9.18 Å². The Bertz CT molecular complexity index is 564. The summed E-state index contributed by atoms with van der Waals surface area (Å²) in [5, 5.41) is 8.74. The van der Waals surface area contributed by atoms with E-state index in [0.29, 0.717) is 5.82 Å². The first-order chi connectivity index (χ1) is 8.06. The summed E-state index contributed by atoms with van der Waals surface area (Å²) in [5.41, 5.74) is 0.787. The molecule has 2 aromatic rings. The van der Waals surface area contributed by atoms with E-state index in [2.05, 4.69) is 20.5 Å². The standard InChI is InChI=1S/C11H11FN4O/c1-6-3-4-9(12)8(5-6)10(17)14-11-13-7(2)15-16-11/h3-5H,1-2H3,(H2,13,14,15,16,17). The van der Waals surface area contributed by atoms with Gasteiger partial charge in [0.05, 0.1) is 5.56 Å². The number of aromatic nitrogens is 3. The number of H-pyrrole nitrogens is 1. The maximum atomic E-state index is 13.4. The summed E-state index contributed by atoms with van der Waals surface area (Å²) in [7, 11) is 0. The Morgan fingerprint density at radius 1 is 1.41 bits per heavy atom. The highest BCUT2D eigenvalue weighted by atomic mass is 19.1. The summed E-state index contributed by atoms with van der Waals surface area (Å²) in [5.74, 6) is -0.427. The number of rotatable bonds is 2. The summed E-state index contributed by atoms with van der Waals surface area (Å²) >= 11 is 0. The average Bonchev–Trinajstić information content (AvgIpc) is 2.67. The average molecular weight is 234 g/mol. The van der Waals surface area contributed by atoms with E-state index < -0.39 is 11.7 Å². The van der Waals surface area contributed by atoms with E-state index in [1.165, 1.54) is 12.1 Å². The van der Waals surface area contributed by atoms with E-state index in [1.54, 1.807) is 19.9 Å². The molecule has 0 fully saturated rings. The van der Waals surface area contributed by atoms with Crippen LogP contribution in [0, 0.1) is 19.7 Å². The molecule has 5 nitrogen and oxygen atoms in total. The lowest BCUT2D eigenvalue weighted by Crippen LogP contribution is -2.15. The summed E-state index contributed by atoms with van der Waals surface area (Å²) in [4.78, 5) is 15.7. The van der Waals surface area contributed by atoms with Crippen molar-refractivity contribution in [2.45, 2.75) is 13.8 Å². The van der Waals surface area contributed by atoms with Gasteiger partial charge in [-0.1, -0.05) is 11.6 Å². The normalized spacial score (nSPS) is 10.3. The monoisotopic (exact) mass is 234 g/mol. The van der Waals surface area contributed by atoms with Gasteiger partial charge in [-0.3, -0.25) is 15.2 Å². The molecule has 0 spiro atoms. The lowest BCUT2D eigenvalue weighted by atomic mass is 10.1. The Morgan fingerprint density at radius 3 is 2.82 bits per heavy atom. The van der Waals surface area contributed by atoms with E-state index in [0.717, 1.165) is 5.56 Å². The minimum atomic E-state index is -0.569. The van der Waals surface area contributed by atoms with Crippen LogP contribution in [0.25, 0.3) is 0 Å². The number of nitrogens with one attached hydrogen (secondary N) is 2. The van der Waals surface area contributed by atoms with Crippen molar-refractivity contribution >= 4 is 11.9 Å². The second-order valence-electron chi connectivity index (χ2n) is 3.68. The van der Waals surface area contributed by atoms with Crippen molar-refractivity contribution in [1.82, 2.24) is 15.2 Å². The zero-order valence-electron chi connectivity index (χ0n) is 9.41. The topological polar surface area (TPSA) is 70.7 Å². The van der Waals surface area contributed by atoms with Crippen LogP contribution in [0.4, 0.5) is 10.3 Å². The largest absolute Gasteiger partial charge is 0.289 e. The van der Waals surface area contributed by atoms with Crippen molar-refractivity contribution in [2.75, 3.05) is 5.32 Å². The number of carbonyl (C=O) groups is 1. The molecule has 1 aromatic carbocycles. The summed E-state index contributed by atoms with van der Waals surface area (Å²) in [6.45, 7) is 3.49. The van der Waals surface area contributed by atoms with Crippen molar-refractivity contribution in [3.05, 3.63) is 41.0 Å². The van der Waals surface area contributed by atoms with Crippen LogP contribution in [0.3, 0.4) is 0 Å². The van der Waals surface area contributed by atoms with Crippen molar-refractivity contribution in [2.24, 2.45) is 0 Å². The Kier molecular flexibility index (Phi) is 2.86. The number of aryl methyl sites for hydroxylation is 2. The fraction of sp³-hybridized carbons (Fsp3) is 0.182. The van der Waals surface area contributed by atoms with Crippen LogP contribution in [-0.4, -0.2) is 21.1 Å². The maximum Gasteiger partial charge on any atom is 0.261 e. The van der Waals surface area contributed by atoms with Gasteiger partial charge >= 0.3 is 0 Å². The maximum absolute atomic E-state index is 13.4. The molecule has 1 heterocycles. The number of amides is 1. The van der Waals surface area contributed by atoms with E-state index >= 15 is 0 Å². The molecule has 0 unspecified atom stereocenters. The van der Waals surface area contributed by atoms with Gasteiger partial charge in [0, 0.05) is 0 Å². The number of nitrogens with zero attached hydrogens (tertiary/aromatic N) is 2. The van der Waals surface area contributed by atoms with Crippen LogP contribution in [0.2, 0.25) is 0 Å². The highest BCUT2D eigenvalue weighted by molar-refractivity contribution is 6.03. The highest BCUT2D eigenvalue weighted by Gasteiger charge is 2.13. The number of halogens is 1. The van der Waals surface area contributed by atoms with Crippen LogP contribution in [-0.2, 0) is 0 Å². The third-order valence-electron chi connectivity index (χ3n) is 2.19. The highest BCUT2D eigenvalue weighted by Crippen LogP contribution is 2.11. The smallest absolute Gasteiger partial charge is 0.261 e. The number of benzene rings is 1. The number of hydrogen-bond donors (Lipinski definition) is 2. The molecule has 2 N–H and O–H groups in total. The molecule has 0 aliphatic carbocycles. The summed E-state index contributed by atoms with van der Waals surface area (Å²) in [6.07, 6.45) is 0. The van der Waals surface area contributed by atoms with Gasteiger partial charge in [-0.25, -0.2) is 4.39 Å². The first-order valence-corrected chi connectivity index (χ1v) is 5.03. The molecule has 0 saturated heterocycles. The zero-order valence-corrected chi connectivity index (χ0v) is 9.41. The Balaban J connectivity index is 2.22. The zero-order chi connectivity index (χ0) is 12.4. The second kappa shape index (κ2) is 4.32. The van der Waals surface area contributed by atoms with E-state index in [4.69, 9.17) is 0 Å². The molecular weight excluding hydrogens is 223 g/mol. The molecule has 6 heteroatoms. The Labute approximate surface area is 97.1 Å². The predicted octanol–water partition coefficient (Wildman–Crippen LogP) is 1.81. The second-order valence-corrected chi connectivity index (χ2v) is 3.68. The number of anilines is 1. The molecule has 0 radical (unpaired) electrons. The van der Waals surface area contributed by atoms with Gasteiger partial charge in [-0.15, -0.1) is 5.10 Å². The molecule has 1 amide bonds. The van der Waals surface area contributed by atoms with Gasteiger partial charge in [-0.05, 0) is 26.0 Å². The Morgan fingerprint density at radius 2 is 2.18 bits per heavy atom. The minimum absolute atomic E-state index is 0.0209. The van der Waals surface area contributed by atoms with E-state index in [-0.39, 0.29) is 11.5 Å². The van der Waals surface area contributed by atoms with Gasteiger partial charge in [-0.2, -0.15) is 4.98 Å². The molecule has 1 aromatic heterocycles. The van der Waals surface area contributed by atoms with Crippen LogP contribution in [0.15, 0.2) is 18.2 Å². The lowest BCUT2D eigenvalue weighted by molar-refractivity contribution is 0.102. The molecular formula is C11H11FN4O. The quantitative estimate of drug-likeness (QED) is 0.832. The van der Waals surface area contributed by atoms with Gasteiger partial charge in [0.2, 0.25) is 5.95 Å². The van der Waals surface area contributed by atoms with Crippen LogP contribution in [0.1, 0.15) is 21.7 Å². The fourth-order valence-electron chi connectivity index (χ4n) is 1.38. The van der Waals surface area contributed by atoms with Crippen molar-refractivity contribution in [3.8, 4) is 0 Å². The molecule has 0 aliphatic heterocycles. The predicted molar refractivity (Wildman–Crippen MR) is 60.2 cm³/mol. The first-order valence-electron chi connectivity index (χ1n) is 5.03. The molecule has 2 rings (SSSR count). The van der Waals surface area contributed by atoms with Crippen molar-refractivity contribution in [3.63, 3.8) is 0 Å². The first kappa shape index (κ1) is 11.3. The number of aromatic amines is 1. The molecule has 0 saturated carbocycles. The third kappa shape index (κ3) is 2.47. The van der Waals surface area contributed by atoms with Gasteiger partial charge in [0.25, 0.3) is 5.91 Å². The number of carbonyl (C=O) groups excluding carboxylic acids is 1. The van der Waals surface area contributed by atoms with Gasteiger partial charge < -0.3 is 0 Å². The Hall–Kier alpha value is -2.24. The molecule has 0 aliphatic rings. The number of hydrogen-bond acceptors (Lipinski definition) is 3. The van der Waals surface area contributed by atoms with Crippen LogP contribution < -0.4 is 5.32 Å². The van der Waals surface area contributed by atoms with E-state index in [1.807, 2.05) is 0 Å². The summed E-state index contributed by atoms with van der Waals surface area (Å²) in [6, 6.07) is 4.33. The lowest BCUT2D eigenvalue weighted by Gasteiger charge is -2.03. The fourth-order valence-corrected chi connectivity index (χ4v) is 1.38. The van der Waals surface area contributed by atoms with Crippen LogP contribution >= 0.6 is 0 Å². The van der Waals surface area contributed by atoms with Crippen molar-refractivity contribution < 1.29 is 9.18 Å². The van der Waals surface area contributed by atoms with Gasteiger partial charge in [0.1, 0.15) is 11.6 Å². The van der Waals surface area contributed by atoms with Crippen LogP contribution in [0.5, 0.6) is 0 Å². The summed E-state index contributed by atoms with van der Waals surface area (Å²) < 4.78 is 13.4. The SMILES string of the molecule is Cc1ccc(F)c(C(=O)Nc2n[nH]c(C)n2)c1. The third-order valence-corrected chi connectivity index (χ3v) is 2.19. The molecule has 88 valence electrons.